The molecule has 0 aliphatic carbocycles. The molecule has 1 aliphatic heterocycles. The number of hydrogen-bond donors (Lipinski definition) is 1. The summed E-state index contributed by atoms with van der Waals surface area (Å²) in [4.78, 5) is 20.6. The maximum Gasteiger partial charge on any atom is 0.246 e. The molecule has 0 bridgehead atoms. The van der Waals surface area contributed by atoms with Crippen molar-refractivity contribution >= 4 is 11.7 Å². The van der Waals surface area contributed by atoms with Crippen molar-refractivity contribution in [2.75, 3.05) is 18.9 Å². The van der Waals surface area contributed by atoms with E-state index in [4.69, 9.17) is 10.5 Å². The summed E-state index contributed by atoms with van der Waals surface area (Å²) in [5, 5.41) is 0. The number of hydrogen-bond acceptors (Lipinski definition) is 5. The van der Waals surface area contributed by atoms with Crippen molar-refractivity contribution in [2.45, 2.75) is 18.6 Å². The lowest BCUT2D eigenvalue weighted by Crippen LogP contribution is -2.38. The number of nitrogen functional groups attached to an aromatic ring is 1. The highest BCUT2D eigenvalue weighted by atomic mass is 19.1. The van der Waals surface area contributed by atoms with Gasteiger partial charge in [-0.05, 0) is 6.08 Å². The predicted octanol–water partition coefficient (Wildman–Crippen LogP) is 0.563. The Morgan fingerprint density at radius 1 is 1.74 bits per heavy atom. The molecule has 1 amide bonds. The molecule has 102 valence electrons. The van der Waals surface area contributed by atoms with Gasteiger partial charge in [0.15, 0.2) is 11.6 Å². The Bertz CT molecular complexity index is 483. The molecule has 0 aromatic carbocycles. The van der Waals surface area contributed by atoms with E-state index in [0.717, 1.165) is 0 Å². The molecule has 2 N–H and O–H groups in total. The van der Waals surface area contributed by atoms with E-state index in [-0.39, 0.29) is 37.3 Å². The maximum absolute atomic E-state index is 13.4. The number of carbonyl (C=O) groups is 1. The van der Waals surface area contributed by atoms with Gasteiger partial charge in [-0.1, -0.05) is 6.58 Å². The summed E-state index contributed by atoms with van der Waals surface area (Å²) in [6.07, 6.45) is 3.12. The van der Waals surface area contributed by atoms with Gasteiger partial charge in [-0.2, -0.15) is 0 Å². The van der Waals surface area contributed by atoms with Crippen molar-refractivity contribution in [3.05, 3.63) is 25.2 Å². The molecule has 2 rings (SSSR count). The molecule has 0 spiro atoms. The van der Waals surface area contributed by atoms with Gasteiger partial charge in [0.25, 0.3) is 0 Å². The first-order valence-electron chi connectivity index (χ1n) is 5.87. The molecule has 0 radical (unpaired) electrons. The molecule has 1 aliphatic rings. The number of rotatable bonds is 4. The molecule has 2 atom stereocenters. The largest absolute Gasteiger partial charge is 0.486 e. The number of anilines is 1. The number of nitrogens with two attached hydrogens (primary N) is 1. The van der Waals surface area contributed by atoms with Gasteiger partial charge in [0.1, 0.15) is 19.1 Å². The Morgan fingerprint density at radius 3 is 3.21 bits per heavy atom. The second-order valence-corrected chi connectivity index (χ2v) is 4.26. The summed E-state index contributed by atoms with van der Waals surface area (Å²) < 4.78 is 18.8. The minimum Gasteiger partial charge on any atom is -0.486 e. The molecular weight excluding hydrogens is 251 g/mol. The molecule has 0 saturated carbocycles. The van der Waals surface area contributed by atoms with Crippen LogP contribution in [0.2, 0.25) is 0 Å². The van der Waals surface area contributed by atoms with E-state index in [0.29, 0.717) is 5.75 Å². The van der Waals surface area contributed by atoms with Gasteiger partial charge in [0, 0.05) is 6.42 Å². The van der Waals surface area contributed by atoms with Gasteiger partial charge in [0.05, 0.1) is 18.8 Å². The summed E-state index contributed by atoms with van der Waals surface area (Å²) >= 11 is 0. The quantitative estimate of drug-likeness (QED) is 0.805. The third kappa shape index (κ3) is 2.98. The van der Waals surface area contributed by atoms with E-state index >= 15 is 0 Å². The molecule has 19 heavy (non-hydrogen) atoms. The number of ether oxygens (including phenoxy) is 1. The molecule has 6 nitrogen and oxygen atoms in total. The molecule has 1 aromatic heterocycles. The fourth-order valence-corrected chi connectivity index (χ4v) is 2.03. The molecule has 1 aromatic rings. The van der Waals surface area contributed by atoms with Crippen molar-refractivity contribution in [3.63, 3.8) is 0 Å². The number of likely N-dealkylation sites (tertiary alicyclic amines) is 1. The minimum atomic E-state index is -1.04. The van der Waals surface area contributed by atoms with Crippen LogP contribution in [-0.4, -0.2) is 46.1 Å². The topological polar surface area (TPSA) is 81.3 Å². The van der Waals surface area contributed by atoms with E-state index in [2.05, 4.69) is 16.5 Å². The van der Waals surface area contributed by atoms with Crippen LogP contribution in [0.1, 0.15) is 6.42 Å². The molecule has 0 unspecified atom stereocenters. The summed E-state index contributed by atoms with van der Waals surface area (Å²) in [5.41, 5.74) is 5.61. The highest BCUT2D eigenvalue weighted by Crippen LogP contribution is 2.23. The van der Waals surface area contributed by atoms with Crippen LogP contribution in [0, 0.1) is 0 Å². The lowest BCUT2D eigenvalue weighted by molar-refractivity contribution is -0.127. The summed E-state index contributed by atoms with van der Waals surface area (Å²) in [7, 11) is 0. The third-order valence-electron chi connectivity index (χ3n) is 2.96. The van der Waals surface area contributed by atoms with Crippen molar-refractivity contribution < 1.29 is 13.9 Å². The van der Waals surface area contributed by atoms with Crippen LogP contribution in [0.4, 0.5) is 10.2 Å². The van der Waals surface area contributed by atoms with Crippen LogP contribution in [0.25, 0.3) is 0 Å². The van der Waals surface area contributed by atoms with Crippen LogP contribution in [-0.2, 0) is 4.79 Å². The molecule has 1 fully saturated rings. The van der Waals surface area contributed by atoms with Gasteiger partial charge in [-0.3, -0.25) is 4.79 Å². The number of alkyl halides is 1. The van der Waals surface area contributed by atoms with E-state index in [1.807, 2.05) is 0 Å². The van der Waals surface area contributed by atoms with Crippen molar-refractivity contribution in [3.8, 4) is 5.75 Å². The lowest BCUT2D eigenvalue weighted by Gasteiger charge is -2.23. The highest BCUT2D eigenvalue weighted by molar-refractivity contribution is 5.87. The number of amides is 1. The molecule has 1 saturated heterocycles. The Labute approximate surface area is 110 Å². The summed E-state index contributed by atoms with van der Waals surface area (Å²) in [5.74, 6) is 0.244. The van der Waals surface area contributed by atoms with Crippen LogP contribution in [0.5, 0.6) is 5.75 Å². The average molecular weight is 266 g/mol. The first kappa shape index (κ1) is 13.3. The molecular formula is C12H15FN4O2. The van der Waals surface area contributed by atoms with Crippen molar-refractivity contribution in [2.24, 2.45) is 0 Å². The van der Waals surface area contributed by atoms with Crippen LogP contribution in [0.3, 0.4) is 0 Å². The van der Waals surface area contributed by atoms with Gasteiger partial charge < -0.3 is 15.4 Å². The van der Waals surface area contributed by atoms with E-state index < -0.39 is 6.17 Å². The lowest BCUT2D eigenvalue weighted by atomic mass is 10.2. The SMILES string of the molecule is C=CC(=O)N1C[C@H](F)C[C@H]1COc1cncnc1N. The summed E-state index contributed by atoms with van der Waals surface area (Å²) in [6, 6.07) is -0.333. The fraction of sp³-hybridized carbons (Fsp3) is 0.417. The Balaban J connectivity index is 2.00. The second-order valence-electron chi connectivity index (χ2n) is 4.26. The highest BCUT2D eigenvalue weighted by Gasteiger charge is 2.34. The monoisotopic (exact) mass is 266 g/mol. The van der Waals surface area contributed by atoms with Gasteiger partial charge in [-0.25, -0.2) is 14.4 Å². The normalized spacial score (nSPS) is 22.3. The summed E-state index contributed by atoms with van der Waals surface area (Å²) in [6.45, 7) is 3.62. The van der Waals surface area contributed by atoms with Gasteiger partial charge in [0.2, 0.25) is 5.91 Å². The minimum absolute atomic E-state index is 0.0691. The molecule has 7 heteroatoms. The predicted molar refractivity (Wildman–Crippen MR) is 67.2 cm³/mol. The van der Waals surface area contributed by atoms with Crippen molar-refractivity contribution in [1.82, 2.24) is 14.9 Å². The number of halogens is 1. The Kier molecular flexibility index (Phi) is 3.94. The van der Waals surface area contributed by atoms with Crippen LogP contribution >= 0.6 is 0 Å². The second kappa shape index (κ2) is 5.64. The van der Waals surface area contributed by atoms with Crippen LogP contribution in [0.15, 0.2) is 25.2 Å². The molecule has 2 heterocycles. The van der Waals surface area contributed by atoms with Gasteiger partial charge >= 0.3 is 0 Å². The zero-order valence-electron chi connectivity index (χ0n) is 10.3. The van der Waals surface area contributed by atoms with Gasteiger partial charge in [-0.15, -0.1) is 0 Å². The van der Waals surface area contributed by atoms with Crippen molar-refractivity contribution in [1.29, 1.82) is 0 Å². The number of aromatic nitrogens is 2. The maximum atomic E-state index is 13.4. The Morgan fingerprint density at radius 2 is 2.53 bits per heavy atom. The zero-order chi connectivity index (χ0) is 13.8. The first-order valence-corrected chi connectivity index (χ1v) is 5.87. The fourth-order valence-electron chi connectivity index (χ4n) is 2.03. The smallest absolute Gasteiger partial charge is 0.246 e. The van der Waals surface area contributed by atoms with E-state index in [9.17, 15) is 9.18 Å². The number of carbonyl (C=O) groups excluding carboxylic acids is 1. The standard InChI is InChI=1S/C12H15FN4O2/c1-2-11(18)17-5-8(13)3-9(17)6-19-10-4-15-7-16-12(10)14/h2,4,7-9H,1,3,5-6H2,(H2,14,15,16)/t8-,9+/m1/s1. The Hall–Kier alpha value is -2.18. The first-order chi connectivity index (χ1) is 9.11. The van der Waals surface area contributed by atoms with E-state index in [1.165, 1.54) is 23.5 Å². The zero-order valence-corrected chi connectivity index (χ0v) is 10.3. The van der Waals surface area contributed by atoms with E-state index in [1.54, 1.807) is 0 Å². The average Bonchev–Trinajstić information content (AvgIpc) is 2.78. The number of nitrogens with zero attached hydrogens (tertiary/aromatic N) is 3. The third-order valence-corrected chi connectivity index (χ3v) is 2.96. The van der Waals surface area contributed by atoms with Crippen LogP contribution < -0.4 is 10.5 Å².